The molecule has 1 saturated heterocycles. The molecule has 0 bridgehead atoms. The molecule has 7 heterocycles. The lowest BCUT2D eigenvalue weighted by atomic mass is 10.0. The SMILES string of the molecule is Cc1oc(-c2ccc(-c3nc(C(=O)O)cs3)nc2-c2csc(-c3csc(C4C(C)CC(O)N4C(=O)C(N)Cc4ccc(O)cc4)n3)n2)nc1C(=O)NC(CC(N)=O)c1nc(C(=O)NC(Cc2ccccc2)C(=O)O)cs1. The molecular formula is C50H45N11O11S4. The Bertz CT molecular complexity index is 3480. The second kappa shape index (κ2) is 22.4. The number of primary amides is 1. The van der Waals surface area contributed by atoms with Crippen molar-refractivity contribution in [3.63, 3.8) is 0 Å². The molecule has 0 saturated carbocycles. The third kappa shape index (κ3) is 11.6. The van der Waals surface area contributed by atoms with Gasteiger partial charge >= 0.3 is 11.9 Å². The topological polar surface area (TPSA) is 353 Å². The third-order valence-electron chi connectivity index (χ3n) is 12.2. The summed E-state index contributed by atoms with van der Waals surface area (Å²) in [6.07, 6.45) is -1.03. The summed E-state index contributed by atoms with van der Waals surface area (Å²) in [5.41, 5.74) is 14.5. The highest BCUT2D eigenvalue weighted by Gasteiger charge is 2.45. The van der Waals surface area contributed by atoms with Crippen LogP contribution in [0.4, 0.5) is 0 Å². The number of aliphatic hydroxyl groups excluding tert-OH is 1. The second-order valence-electron chi connectivity index (χ2n) is 17.7. The predicted octanol–water partition coefficient (Wildman–Crippen LogP) is 5.85. The first kappa shape index (κ1) is 52.7. The van der Waals surface area contributed by atoms with Gasteiger partial charge in [0.25, 0.3) is 11.8 Å². The van der Waals surface area contributed by atoms with E-state index in [4.69, 9.17) is 30.8 Å². The zero-order valence-electron chi connectivity index (χ0n) is 40.0. The Balaban J connectivity index is 0.974. The molecule has 76 heavy (non-hydrogen) atoms. The highest BCUT2D eigenvalue weighted by atomic mass is 32.1. The molecule has 8 aromatic rings. The summed E-state index contributed by atoms with van der Waals surface area (Å²) in [4.78, 5) is 106. The molecule has 2 aromatic carbocycles. The van der Waals surface area contributed by atoms with Crippen molar-refractivity contribution in [3.8, 4) is 50.0 Å². The van der Waals surface area contributed by atoms with Crippen molar-refractivity contribution < 1.29 is 53.6 Å². The maximum atomic E-state index is 14.0. The third-order valence-corrected chi connectivity index (χ3v) is 15.8. The van der Waals surface area contributed by atoms with Crippen molar-refractivity contribution >= 4 is 80.9 Å². The van der Waals surface area contributed by atoms with Gasteiger partial charge in [0.15, 0.2) is 11.4 Å². The average molecular weight is 1100 g/mol. The molecule has 9 rings (SSSR count). The quantitative estimate of drug-likeness (QED) is 0.0471. The van der Waals surface area contributed by atoms with E-state index in [-0.39, 0.29) is 69.5 Å². The van der Waals surface area contributed by atoms with E-state index in [1.807, 2.05) is 6.92 Å². The molecule has 4 amide bonds. The number of phenolic OH excluding ortho intramolecular Hbond substituents is 1. The first-order chi connectivity index (χ1) is 36.4. The van der Waals surface area contributed by atoms with E-state index in [1.165, 1.54) is 57.4 Å². The molecule has 0 spiro atoms. The summed E-state index contributed by atoms with van der Waals surface area (Å²) in [6, 6.07) is 14.3. The Labute approximate surface area is 447 Å². The van der Waals surface area contributed by atoms with E-state index >= 15 is 0 Å². The number of nitrogens with two attached hydrogens (primary N) is 2. The molecule has 22 nitrogen and oxygen atoms in total. The molecule has 0 aliphatic carbocycles. The van der Waals surface area contributed by atoms with E-state index in [0.29, 0.717) is 44.1 Å². The monoisotopic (exact) mass is 1100 g/mol. The van der Waals surface area contributed by atoms with E-state index in [1.54, 1.807) is 65.4 Å². The van der Waals surface area contributed by atoms with Crippen molar-refractivity contribution in [2.24, 2.45) is 17.4 Å². The molecule has 6 unspecified atom stereocenters. The number of thiazole rings is 4. The highest BCUT2D eigenvalue weighted by molar-refractivity contribution is 7.14. The number of hydrogen-bond donors (Lipinski definition) is 8. The largest absolute Gasteiger partial charge is 0.508 e. The first-order valence-electron chi connectivity index (χ1n) is 23.2. The van der Waals surface area contributed by atoms with Crippen LogP contribution in [0, 0.1) is 12.8 Å². The number of phenols is 1. The van der Waals surface area contributed by atoms with Gasteiger partial charge in [-0.2, -0.15) is 0 Å². The van der Waals surface area contributed by atoms with Crippen LogP contribution in [0.1, 0.15) is 90.2 Å². The van der Waals surface area contributed by atoms with E-state index in [2.05, 4.69) is 25.6 Å². The van der Waals surface area contributed by atoms with Crippen molar-refractivity contribution in [1.29, 1.82) is 0 Å². The number of pyridine rings is 1. The summed E-state index contributed by atoms with van der Waals surface area (Å²) in [5, 5.41) is 53.2. The highest BCUT2D eigenvalue weighted by Crippen LogP contribution is 2.43. The predicted molar refractivity (Wildman–Crippen MR) is 279 cm³/mol. The van der Waals surface area contributed by atoms with Crippen LogP contribution in [-0.2, 0) is 27.2 Å². The van der Waals surface area contributed by atoms with Gasteiger partial charge in [0, 0.05) is 27.9 Å². The minimum absolute atomic E-state index is 0.0112. The van der Waals surface area contributed by atoms with Crippen LogP contribution < -0.4 is 22.1 Å². The van der Waals surface area contributed by atoms with Gasteiger partial charge in [-0.3, -0.25) is 19.2 Å². The minimum Gasteiger partial charge on any atom is -0.508 e. The Hall–Kier alpha value is -8.14. The summed E-state index contributed by atoms with van der Waals surface area (Å²) in [5.74, 6) is -5.39. The maximum Gasteiger partial charge on any atom is 0.355 e. The Morgan fingerprint density at radius 1 is 0.763 bits per heavy atom. The second-order valence-corrected chi connectivity index (χ2v) is 21.1. The minimum atomic E-state index is -1.28. The molecule has 390 valence electrons. The van der Waals surface area contributed by atoms with Crippen molar-refractivity contribution in [1.82, 2.24) is 45.4 Å². The number of carboxylic acid groups (broad SMARTS) is 2. The number of aliphatic hydroxyl groups is 1. The number of carboxylic acids is 2. The molecular weight excluding hydrogens is 1060 g/mol. The van der Waals surface area contributed by atoms with Gasteiger partial charge in [0.05, 0.1) is 35.8 Å². The number of nitrogens with zero attached hydrogens (tertiary/aromatic N) is 7. The lowest BCUT2D eigenvalue weighted by molar-refractivity contribution is -0.143. The van der Waals surface area contributed by atoms with Crippen LogP contribution in [-0.4, -0.2) is 109 Å². The van der Waals surface area contributed by atoms with Gasteiger partial charge in [-0.05, 0) is 61.1 Å². The summed E-state index contributed by atoms with van der Waals surface area (Å²) in [7, 11) is 0. The number of rotatable bonds is 19. The van der Waals surface area contributed by atoms with Crippen LogP contribution in [0.15, 0.2) is 92.7 Å². The lowest BCUT2D eigenvalue weighted by Gasteiger charge is -2.30. The van der Waals surface area contributed by atoms with Gasteiger partial charge in [0.2, 0.25) is 17.7 Å². The number of hydrogen-bond acceptors (Lipinski definition) is 20. The number of carbonyl (C=O) groups excluding carboxylic acids is 4. The molecule has 26 heteroatoms. The average Bonchev–Trinajstić information content (AvgIpc) is 4.28. The summed E-state index contributed by atoms with van der Waals surface area (Å²) >= 11 is 4.55. The normalized spacial score (nSPS) is 16.5. The number of likely N-dealkylation sites (tertiary alicyclic amines) is 1. The standard InChI is InChI=1S/C50H45N11O11S4/c1-22-14-37(64)61(48(67)28(51)15-25-8-10-26(62)11-9-25)40(22)47-58-34(20-76-47)46-56-32(18-73-46)39-27(12-13-29(53-39)44-59-35(21-75-44)50(70)71)43-60-38(23(2)72-43)42(66)54-30(17-36(52)63)45-57-33(19-74-45)41(65)55-31(49(68)69)16-24-6-4-3-5-7-24/h3-13,18-22,28,30-31,37,40,62,64H,14-17,51H2,1-2H3,(H2,52,63)(H,54,66)(H,55,65)(H,68,69)(H,70,71). The fraction of sp³-hybridized carbons (Fsp3) is 0.240. The Morgan fingerprint density at radius 2 is 1.46 bits per heavy atom. The van der Waals surface area contributed by atoms with Crippen LogP contribution in [0.3, 0.4) is 0 Å². The summed E-state index contributed by atoms with van der Waals surface area (Å²) in [6.45, 7) is 3.42. The lowest BCUT2D eigenvalue weighted by Crippen LogP contribution is -2.48. The number of aryl methyl sites for hydroxylation is 1. The van der Waals surface area contributed by atoms with Crippen LogP contribution in [0.5, 0.6) is 5.75 Å². The molecule has 1 fully saturated rings. The van der Waals surface area contributed by atoms with Crippen molar-refractivity contribution in [2.75, 3.05) is 0 Å². The Morgan fingerprint density at radius 3 is 2.17 bits per heavy atom. The fourth-order valence-corrected chi connectivity index (χ4v) is 12.0. The fourth-order valence-electron chi connectivity index (χ4n) is 8.49. The zero-order chi connectivity index (χ0) is 53.9. The zero-order valence-corrected chi connectivity index (χ0v) is 43.3. The van der Waals surface area contributed by atoms with Gasteiger partial charge < -0.3 is 51.8 Å². The van der Waals surface area contributed by atoms with E-state index in [9.17, 15) is 49.2 Å². The van der Waals surface area contributed by atoms with Crippen LogP contribution in [0.25, 0.3) is 44.2 Å². The number of aromatic carboxylic acids is 1. The van der Waals surface area contributed by atoms with Gasteiger partial charge in [0.1, 0.15) is 66.6 Å². The smallest absolute Gasteiger partial charge is 0.355 e. The Kier molecular flexibility index (Phi) is 15.5. The summed E-state index contributed by atoms with van der Waals surface area (Å²) < 4.78 is 6.11. The molecule has 6 atom stereocenters. The number of oxazole rings is 1. The van der Waals surface area contributed by atoms with E-state index < -0.39 is 72.4 Å². The van der Waals surface area contributed by atoms with Crippen molar-refractivity contribution in [2.45, 2.75) is 69.9 Å². The number of carbonyl (C=O) groups is 6. The maximum absolute atomic E-state index is 14.0. The number of nitrogens with one attached hydrogen (secondary N) is 2. The van der Waals surface area contributed by atoms with Gasteiger partial charge in [-0.15, -0.1) is 45.3 Å². The molecule has 6 aromatic heterocycles. The number of aromatic nitrogens is 6. The van der Waals surface area contributed by atoms with Crippen LogP contribution >= 0.6 is 45.3 Å². The van der Waals surface area contributed by atoms with E-state index in [0.717, 1.165) is 28.2 Å². The number of benzene rings is 2. The number of aliphatic carboxylic acids is 1. The first-order valence-corrected chi connectivity index (χ1v) is 26.7. The van der Waals surface area contributed by atoms with Gasteiger partial charge in [-0.1, -0.05) is 49.4 Å². The molecule has 1 aliphatic rings. The molecule has 10 N–H and O–H groups in total. The number of aromatic hydroxyl groups is 1. The van der Waals surface area contributed by atoms with Gasteiger partial charge in [-0.25, -0.2) is 39.5 Å². The van der Waals surface area contributed by atoms with Crippen LogP contribution in [0.2, 0.25) is 0 Å². The molecule has 1 aliphatic heterocycles. The van der Waals surface area contributed by atoms with Crippen molar-refractivity contribution in [3.05, 3.63) is 132 Å². The molecule has 0 radical (unpaired) electrons. The number of amides is 4.